The van der Waals surface area contributed by atoms with Crippen molar-refractivity contribution in [2.45, 2.75) is 32.0 Å². The zero-order valence-corrected chi connectivity index (χ0v) is 19.5. The Labute approximate surface area is 197 Å². The SMILES string of the molecule is O=C(Cn1cc(/C=C2\SC(=O)N(Cc3ccc(Br)cc3)C2=O)c2ccccc21)NC1CC1. The Morgan fingerprint density at radius 1 is 1.12 bits per heavy atom. The molecule has 1 aromatic heterocycles. The number of nitrogens with one attached hydrogen (secondary N) is 1. The van der Waals surface area contributed by atoms with Gasteiger partial charge in [-0.05, 0) is 54.4 Å². The second-order valence-electron chi connectivity index (χ2n) is 7.97. The number of para-hydroxylation sites is 1. The molecule has 8 heteroatoms. The lowest BCUT2D eigenvalue weighted by molar-refractivity contribution is -0.123. The molecular weight excluding hydrogens is 490 g/mol. The quantitative estimate of drug-likeness (QED) is 0.478. The molecule has 5 rings (SSSR count). The fourth-order valence-electron chi connectivity index (χ4n) is 3.73. The first-order valence-corrected chi connectivity index (χ1v) is 12.0. The van der Waals surface area contributed by atoms with Gasteiger partial charge in [0.2, 0.25) is 5.91 Å². The van der Waals surface area contributed by atoms with E-state index < -0.39 is 0 Å². The number of hydrogen-bond acceptors (Lipinski definition) is 4. The molecule has 3 aromatic rings. The highest BCUT2D eigenvalue weighted by atomic mass is 79.9. The standard InChI is InChI=1S/C24H20BrN3O3S/c25-17-7-5-15(6-8-17)12-28-23(30)21(32-24(28)31)11-16-13-27(14-22(29)26-18-9-10-18)20-4-2-1-3-19(16)20/h1-8,11,13,18H,9-10,12,14H2,(H,26,29)/b21-11-. The molecule has 162 valence electrons. The van der Waals surface area contributed by atoms with Crippen LogP contribution in [-0.2, 0) is 22.7 Å². The van der Waals surface area contributed by atoms with Crippen LogP contribution < -0.4 is 5.32 Å². The largest absolute Gasteiger partial charge is 0.352 e. The predicted octanol–water partition coefficient (Wildman–Crippen LogP) is 4.92. The molecule has 1 saturated heterocycles. The minimum absolute atomic E-state index is 0.0189. The molecule has 0 bridgehead atoms. The Kier molecular flexibility index (Phi) is 5.65. The van der Waals surface area contributed by atoms with Crippen molar-refractivity contribution in [3.63, 3.8) is 0 Å². The van der Waals surface area contributed by atoms with E-state index in [4.69, 9.17) is 0 Å². The minimum Gasteiger partial charge on any atom is -0.352 e. The maximum absolute atomic E-state index is 13.0. The van der Waals surface area contributed by atoms with E-state index in [0.717, 1.165) is 51.1 Å². The van der Waals surface area contributed by atoms with Crippen molar-refractivity contribution in [2.24, 2.45) is 0 Å². The average molecular weight is 510 g/mol. The topological polar surface area (TPSA) is 71.4 Å². The summed E-state index contributed by atoms with van der Waals surface area (Å²) in [6.07, 6.45) is 5.71. The second kappa shape index (κ2) is 8.60. The van der Waals surface area contributed by atoms with Crippen molar-refractivity contribution in [1.82, 2.24) is 14.8 Å². The first-order valence-electron chi connectivity index (χ1n) is 10.3. The van der Waals surface area contributed by atoms with Crippen molar-refractivity contribution >= 4 is 61.7 Å². The second-order valence-corrected chi connectivity index (χ2v) is 9.87. The van der Waals surface area contributed by atoms with Crippen molar-refractivity contribution < 1.29 is 14.4 Å². The Morgan fingerprint density at radius 3 is 2.62 bits per heavy atom. The molecule has 0 radical (unpaired) electrons. The average Bonchev–Trinajstić information content (AvgIpc) is 3.48. The molecule has 0 unspecified atom stereocenters. The van der Waals surface area contributed by atoms with E-state index in [1.807, 2.05) is 59.3 Å². The number of aromatic nitrogens is 1. The maximum atomic E-state index is 13.0. The third-order valence-electron chi connectivity index (χ3n) is 5.49. The van der Waals surface area contributed by atoms with Crippen LogP contribution in [0.4, 0.5) is 4.79 Å². The van der Waals surface area contributed by atoms with Crippen molar-refractivity contribution in [3.05, 3.63) is 75.2 Å². The summed E-state index contributed by atoms with van der Waals surface area (Å²) in [5.41, 5.74) is 2.61. The van der Waals surface area contributed by atoms with Gasteiger partial charge >= 0.3 is 0 Å². The van der Waals surface area contributed by atoms with Gasteiger partial charge in [-0.25, -0.2) is 0 Å². The van der Waals surface area contributed by atoms with Crippen LogP contribution in [0.5, 0.6) is 0 Å². The number of hydrogen-bond donors (Lipinski definition) is 1. The van der Waals surface area contributed by atoms with Gasteiger partial charge < -0.3 is 9.88 Å². The zero-order valence-electron chi connectivity index (χ0n) is 17.1. The van der Waals surface area contributed by atoms with E-state index in [1.165, 1.54) is 4.90 Å². The summed E-state index contributed by atoms with van der Waals surface area (Å²) < 4.78 is 2.84. The third kappa shape index (κ3) is 4.38. The van der Waals surface area contributed by atoms with E-state index in [2.05, 4.69) is 21.2 Å². The van der Waals surface area contributed by atoms with E-state index in [-0.39, 0.29) is 30.1 Å². The van der Waals surface area contributed by atoms with E-state index >= 15 is 0 Å². The van der Waals surface area contributed by atoms with E-state index in [1.54, 1.807) is 6.08 Å². The lowest BCUT2D eigenvalue weighted by Crippen LogP contribution is -2.29. The number of thioether (sulfide) groups is 1. The molecule has 0 spiro atoms. The number of carbonyl (C=O) groups is 3. The highest BCUT2D eigenvalue weighted by Crippen LogP contribution is 2.35. The van der Waals surface area contributed by atoms with Crippen LogP contribution in [0.15, 0.2) is 64.1 Å². The number of amides is 3. The summed E-state index contributed by atoms with van der Waals surface area (Å²) in [5.74, 6) is -0.319. The van der Waals surface area contributed by atoms with Crippen LogP contribution in [0.2, 0.25) is 0 Å². The number of halogens is 1. The van der Waals surface area contributed by atoms with Crippen LogP contribution in [0.1, 0.15) is 24.0 Å². The van der Waals surface area contributed by atoms with Crippen LogP contribution in [0.25, 0.3) is 17.0 Å². The number of rotatable bonds is 6. The van der Waals surface area contributed by atoms with Gasteiger partial charge in [-0.2, -0.15) is 0 Å². The van der Waals surface area contributed by atoms with Gasteiger partial charge in [0.25, 0.3) is 11.1 Å². The highest BCUT2D eigenvalue weighted by Gasteiger charge is 2.35. The fourth-order valence-corrected chi connectivity index (χ4v) is 4.82. The van der Waals surface area contributed by atoms with Gasteiger partial charge in [-0.15, -0.1) is 0 Å². The van der Waals surface area contributed by atoms with Crippen LogP contribution >= 0.6 is 27.7 Å². The van der Waals surface area contributed by atoms with Gasteiger partial charge in [0.05, 0.1) is 11.4 Å². The molecule has 1 N–H and O–H groups in total. The Morgan fingerprint density at radius 2 is 1.88 bits per heavy atom. The molecule has 1 saturated carbocycles. The summed E-state index contributed by atoms with van der Waals surface area (Å²) in [7, 11) is 0. The van der Waals surface area contributed by atoms with Gasteiger partial charge in [0.15, 0.2) is 0 Å². The zero-order chi connectivity index (χ0) is 22.2. The molecule has 2 fully saturated rings. The van der Waals surface area contributed by atoms with Gasteiger partial charge in [0, 0.05) is 33.2 Å². The summed E-state index contributed by atoms with van der Waals surface area (Å²) in [6.45, 7) is 0.453. The van der Waals surface area contributed by atoms with Crippen molar-refractivity contribution in [2.75, 3.05) is 0 Å². The van der Waals surface area contributed by atoms with Crippen LogP contribution in [0, 0.1) is 0 Å². The highest BCUT2D eigenvalue weighted by molar-refractivity contribution is 9.10. The number of imide groups is 1. The first-order chi connectivity index (χ1) is 15.5. The maximum Gasteiger partial charge on any atom is 0.293 e. The van der Waals surface area contributed by atoms with Crippen molar-refractivity contribution in [3.8, 4) is 0 Å². The molecule has 6 nitrogen and oxygen atoms in total. The molecule has 1 aliphatic carbocycles. The summed E-state index contributed by atoms with van der Waals surface area (Å²) >= 11 is 4.34. The number of benzene rings is 2. The monoisotopic (exact) mass is 509 g/mol. The molecule has 1 aliphatic heterocycles. The third-order valence-corrected chi connectivity index (χ3v) is 6.93. The summed E-state index contributed by atoms with van der Waals surface area (Å²) in [6, 6.07) is 15.6. The van der Waals surface area contributed by atoms with Gasteiger partial charge in [-0.3, -0.25) is 19.3 Å². The Bertz CT molecular complexity index is 1260. The van der Waals surface area contributed by atoms with Gasteiger partial charge in [0.1, 0.15) is 6.54 Å². The minimum atomic E-state index is -0.300. The number of nitrogens with zero attached hydrogens (tertiary/aromatic N) is 2. The number of carbonyl (C=O) groups excluding carboxylic acids is 3. The smallest absolute Gasteiger partial charge is 0.293 e. The van der Waals surface area contributed by atoms with Crippen LogP contribution in [0.3, 0.4) is 0 Å². The molecule has 2 heterocycles. The fraction of sp³-hybridized carbons (Fsp3) is 0.208. The Hall–Kier alpha value is -2.84. The molecule has 2 aromatic carbocycles. The summed E-state index contributed by atoms with van der Waals surface area (Å²) in [4.78, 5) is 39.5. The molecule has 2 aliphatic rings. The lowest BCUT2D eigenvalue weighted by Gasteiger charge is -2.12. The van der Waals surface area contributed by atoms with Crippen LogP contribution in [-0.4, -0.2) is 32.6 Å². The Balaban J connectivity index is 1.40. The molecule has 32 heavy (non-hydrogen) atoms. The molecular formula is C24H20BrN3O3S. The normalized spacial score (nSPS) is 17.5. The lowest BCUT2D eigenvalue weighted by atomic mass is 10.1. The molecule has 3 amide bonds. The number of fused-ring (bicyclic) bond motifs is 1. The predicted molar refractivity (Wildman–Crippen MR) is 129 cm³/mol. The van der Waals surface area contributed by atoms with Gasteiger partial charge in [-0.1, -0.05) is 46.3 Å². The van der Waals surface area contributed by atoms with E-state index in [9.17, 15) is 14.4 Å². The summed E-state index contributed by atoms with van der Waals surface area (Å²) in [5, 5.41) is 3.66. The molecule has 0 atom stereocenters. The van der Waals surface area contributed by atoms with E-state index in [0.29, 0.717) is 10.9 Å². The first kappa shape index (κ1) is 21.0. The van der Waals surface area contributed by atoms with Crippen molar-refractivity contribution in [1.29, 1.82) is 0 Å².